The first kappa shape index (κ1) is 22.7. The van der Waals surface area contributed by atoms with Crippen LogP contribution in [0.1, 0.15) is 38.3 Å². The Bertz CT molecular complexity index is 1000. The molecular weight excluding hydrogens is 412 g/mol. The molecule has 0 fully saturated rings. The highest BCUT2D eigenvalue weighted by Crippen LogP contribution is 2.25. The van der Waals surface area contributed by atoms with Gasteiger partial charge in [0.05, 0.1) is 12.9 Å². The fourth-order valence-electron chi connectivity index (χ4n) is 3.09. The Kier molecular flexibility index (Phi) is 7.94. The van der Waals surface area contributed by atoms with Gasteiger partial charge >= 0.3 is 0 Å². The van der Waals surface area contributed by atoms with Gasteiger partial charge in [-0.2, -0.15) is 0 Å². The van der Waals surface area contributed by atoms with E-state index in [1.807, 2.05) is 48.7 Å². The zero-order valence-corrected chi connectivity index (χ0v) is 19.1. The molecule has 1 N–H and O–H groups in total. The second kappa shape index (κ2) is 10.9. The molecule has 1 aromatic heterocycles. The molecule has 0 aliphatic rings. The van der Waals surface area contributed by atoms with Crippen molar-refractivity contribution in [2.45, 2.75) is 45.0 Å². The number of carbonyl (C=O) groups is 1. The molecule has 1 heterocycles. The number of nitrogens with one attached hydrogen (secondary N) is 1. The lowest BCUT2D eigenvalue weighted by Gasteiger charge is -2.16. The number of anilines is 1. The van der Waals surface area contributed by atoms with Crippen molar-refractivity contribution in [1.82, 2.24) is 14.8 Å². The summed E-state index contributed by atoms with van der Waals surface area (Å²) in [4.78, 5) is 12.4. The van der Waals surface area contributed by atoms with Gasteiger partial charge in [0.2, 0.25) is 5.91 Å². The highest BCUT2D eigenvalue weighted by atomic mass is 32.2. The summed E-state index contributed by atoms with van der Waals surface area (Å²) in [6, 6.07) is 15.3. The summed E-state index contributed by atoms with van der Waals surface area (Å²) in [5.74, 6) is 2.33. The summed E-state index contributed by atoms with van der Waals surface area (Å²) in [6.07, 6.45) is 0.728. The van der Waals surface area contributed by atoms with E-state index in [2.05, 4.69) is 34.6 Å². The normalized spacial score (nSPS) is 11.7. The van der Waals surface area contributed by atoms with Crippen LogP contribution >= 0.6 is 11.8 Å². The van der Waals surface area contributed by atoms with Gasteiger partial charge in [-0.1, -0.05) is 36.9 Å². The fraction of sp³-hybridized carbons (Fsp3) is 0.348. The second-order valence-electron chi connectivity index (χ2n) is 6.91. The van der Waals surface area contributed by atoms with Gasteiger partial charge in [-0.3, -0.25) is 4.79 Å². The molecule has 0 aliphatic carbocycles. The maximum atomic E-state index is 12.4. The Labute approximate surface area is 187 Å². The Morgan fingerprint density at radius 2 is 1.90 bits per heavy atom. The van der Waals surface area contributed by atoms with E-state index in [-0.39, 0.29) is 17.8 Å². The van der Waals surface area contributed by atoms with Crippen LogP contribution in [-0.4, -0.2) is 33.5 Å². The minimum absolute atomic E-state index is 0.120. The topological polar surface area (TPSA) is 78.3 Å². The summed E-state index contributed by atoms with van der Waals surface area (Å²) in [7, 11) is 1.59. The van der Waals surface area contributed by atoms with Crippen LogP contribution in [0, 0.1) is 0 Å². The molecule has 8 heteroatoms. The molecule has 1 amide bonds. The molecule has 0 aliphatic heterocycles. The number of hydrogen-bond donors (Lipinski definition) is 1. The van der Waals surface area contributed by atoms with E-state index in [1.165, 1.54) is 17.3 Å². The first-order chi connectivity index (χ1) is 15.0. The molecule has 7 nitrogen and oxygen atoms in total. The minimum Gasteiger partial charge on any atom is -0.497 e. The van der Waals surface area contributed by atoms with E-state index in [1.54, 1.807) is 13.2 Å². The third-order valence-electron chi connectivity index (χ3n) is 4.76. The molecule has 31 heavy (non-hydrogen) atoms. The van der Waals surface area contributed by atoms with Gasteiger partial charge in [-0.15, -0.1) is 10.2 Å². The number of aromatic nitrogens is 3. The minimum atomic E-state index is -0.264. The number of carbonyl (C=O) groups excluding carboxylic acids is 1. The molecule has 3 rings (SSSR count). The maximum absolute atomic E-state index is 12.4. The number of nitrogens with zero attached hydrogens (tertiary/aromatic N) is 3. The molecule has 0 unspecified atom stereocenters. The quantitative estimate of drug-likeness (QED) is 0.459. The zero-order valence-electron chi connectivity index (χ0n) is 18.3. The fourth-order valence-corrected chi connectivity index (χ4v) is 3.90. The Morgan fingerprint density at radius 3 is 2.58 bits per heavy atom. The van der Waals surface area contributed by atoms with Crippen LogP contribution in [0.3, 0.4) is 0 Å². The highest BCUT2D eigenvalue weighted by molar-refractivity contribution is 7.99. The van der Waals surface area contributed by atoms with Crippen LogP contribution < -0.4 is 14.8 Å². The number of benzene rings is 2. The lowest BCUT2D eigenvalue weighted by atomic mass is 10.2. The van der Waals surface area contributed by atoms with Gasteiger partial charge in [0.1, 0.15) is 11.5 Å². The largest absolute Gasteiger partial charge is 0.497 e. The molecular formula is C23H28N4O3S. The molecule has 2 aromatic carbocycles. The predicted octanol–water partition coefficient (Wildman–Crippen LogP) is 4.74. The molecule has 164 valence electrons. The first-order valence-electron chi connectivity index (χ1n) is 10.3. The summed E-state index contributed by atoms with van der Waals surface area (Å²) >= 11 is 1.35. The van der Waals surface area contributed by atoms with E-state index in [9.17, 15) is 4.79 Å². The van der Waals surface area contributed by atoms with Gasteiger partial charge in [-0.05, 0) is 50.1 Å². The number of rotatable bonds is 10. The lowest BCUT2D eigenvalue weighted by molar-refractivity contribution is -0.113. The van der Waals surface area contributed by atoms with Crippen LogP contribution in [0.2, 0.25) is 0 Å². The van der Waals surface area contributed by atoms with Crippen LogP contribution in [-0.2, 0) is 17.8 Å². The molecule has 0 saturated carbocycles. The van der Waals surface area contributed by atoms with Crippen molar-refractivity contribution < 1.29 is 14.3 Å². The van der Waals surface area contributed by atoms with Crippen LogP contribution in [0.5, 0.6) is 11.5 Å². The van der Waals surface area contributed by atoms with Crippen LogP contribution in [0.4, 0.5) is 5.69 Å². The second-order valence-corrected chi connectivity index (χ2v) is 7.85. The number of methoxy groups -OCH3 is 1. The summed E-state index contributed by atoms with van der Waals surface area (Å²) < 4.78 is 13.2. The predicted molar refractivity (Wildman–Crippen MR) is 123 cm³/mol. The van der Waals surface area contributed by atoms with Crippen molar-refractivity contribution in [3.63, 3.8) is 0 Å². The summed E-state index contributed by atoms with van der Waals surface area (Å²) in [5, 5.41) is 12.2. The van der Waals surface area contributed by atoms with E-state index in [0.717, 1.165) is 18.0 Å². The van der Waals surface area contributed by atoms with Gasteiger partial charge in [0, 0.05) is 18.3 Å². The smallest absolute Gasteiger partial charge is 0.234 e. The van der Waals surface area contributed by atoms with E-state index >= 15 is 0 Å². The van der Waals surface area contributed by atoms with Crippen molar-refractivity contribution in [1.29, 1.82) is 0 Å². The third kappa shape index (κ3) is 6.01. The van der Waals surface area contributed by atoms with Gasteiger partial charge in [-0.25, -0.2) is 0 Å². The van der Waals surface area contributed by atoms with Crippen molar-refractivity contribution in [2.24, 2.45) is 0 Å². The van der Waals surface area contributed by atoms with Gasteiger partial charge < -0.3 is 19.4 Å². The Balaban J connectivity index is 1.61. The summed E-state index contributed by atoms with van der Waals surface area (Å²) in [5.41, 5.74) is 1.96. The van der Waals surface area contributed by atoms with Crippen molar-refractivity contribution in [3.05, 3.63) is 59.9 Å². The van der Waals surface area contributed by atoms with E-state index in [4.69, 9.17) is 9.47 Å². The average molecular weight is 441 g/mol. The Hall–Kier alpha value is -3.00. The van der Waals surface area contributed by atoms with Crippen LogP contribution in [0.25, 0.3) is 0 Å². The molecule has 0 radical (unpaired) electrons. The Morgan fingerprint density at radius 1 is 1.13 bits per heavy atom. The van der Waals surface area contributed by atoms with E-state index in [0.29, 0.717) is 23.1 Å². The SMILES string of the molecule is CCc1ccc(O[C@H](C)c2nnc(SCC(=O)Nc3cccc(OC)c3)n2CC)cc1. The number of ether oxygens (including phenoxy) is 2. The van der Waals surface area contributed by atoms with Crippen molar-refractivity contribution in [3.8, 4) is 11.5 Å². The summed E-state index contributed by atoms with van der Waals surface area (Å²) in [6.45, 7) is 6.78. The third-order valence-corrected chi connectivity index (χ3v) is 5.72. The number of aryl methyl sites for hydroxylation is 1. The van der Waals surface area contributed by atoms with Crippen molar-refractivity contribution in [2.75, 3.05) is 18.2 Å². The highest BCUT2D eigenvalue weighted by Gasteiger charge is 2.19. The monoisotopic (exact) mass is 440 g/mol. The number of hydrogen-bond acceptors (Lipinski definition) is 6. The van der Waals surface area contributed by atoms with Gasteiger partial charge in [0.15, 0.2) is 17.1 Å². The molecule has 0 saturated heterocycles. The zero-order chi connectivity index (χ0) is 22.2. The van der Waals surface area contributed by atoms with E-state index < -0.39 is 0 Å². The molecule has 1 atom stereocenters. The first-order valence-corrected chi connectivity index (χ1v) is 11.3. The lowest BCUT2D eigenvalue weighted by Crippen LogP contribution is -2.15. The standard InChI is InChI=1S/C23H28N4O3S/c1-5-17-10-12-19(13-11-17)30-16(3)22-25-26-23(27(22)6-2)31-15-21(28)24-18-8-7-9-20(14-18)29-4/h7-14,16H,5-6,15H2,1-4H3,(H,24,28)/t16-/m1/s1. The average Bonchev–Trinajstić information content (AvgIpc) is 3.21. The maximum Gasteiger partial charge on any atom is 0.234 e. The van der Waals surface area contributed by atoms with Gasteiger partial charge in [0.25, 0.3) is 0 Å². The van der Waals surface area contributed by atoms with Crippen molar-refractivity contribution >= 4 is 23.4 Å². The molecule has 0 bridgehead atoms. The number of thioether (sulfide) groups is 1. The van der Waals surface area contributed by atoms with Crippen LogP contribution in [0.15, 0.2) is 53.7 Å². The number of amides is 1. The molecule has 3 aromatic rings. The molecule has 0 spiro atoms.